The Hall–Kier alpha value is -1.60. The first-order chi connectivity index (χ1) is 8.65. The van der Waals surface area contributed by atoms with Gasteiger partial charge in [0.1, 0.15) is 10.2 Å². The van der Waals surface area contributed by atoms with Crippen LogP contribution in [0.4, 0.5) is 15.8 Å². The predicted molar refractivity (Wildman–Crippen MR) is 72.3 cm³/mol. The molecule has 1 aromatic heterocycles. The zero-order valence-corrected chi connectivity index (χ0v) is 10.9. The molecule has 94 valence electrons. The minimum atomic E-state index is -0.495. The fourth-order valence-corrected chi connectivity index (χ4v) is 2.67. The zero-order chi connectivity index (χ0) is 13.0. The minimum Gasteiger partial charge on any atom is -0.396 e. The highest BCUT2D eigenvalue weighted by molar-refractivity contribution is 8.01. The van der Waals surface area contributed by atoms with E-state index >= 15 is 0 Å². The molecule has 1 heterocycles. The van der Waals surface area contributed by atoms with Gasteiger partial charge >= 0.3 is 0 Å². The molecule has 0 saturated heterocycles. The number of nitrogens with one attached hydrogen (secondary N) is 1. The van der Waals surface area contributed by atoms with Crippen LogP contribution in [0.1, 0.15) is 0 Å². The van der Waals surface area contributed by atoms with Crippen molar-refractivity contribution in [1.29, 1.82) is 0 Å². The summed E-state index contributed by atoms with van der Waals surface area (Å²) in [5.74, 6) is -0.420. The Balaban J connectivity index is 1.88. The summed E-state index contributed by atoms with van der Waals surface area (Å²) < 4.78 is 13.8. The smallest absolute Gasteiger partial charge is 0.234 e. The Bertz CT molecular complexity index is 545. The SMILES string of the molecule is Nc1cc(NC(=O)CSc2nccs2)ccc1F. The molecule has 0 aliphatic carbocycles. The van der Waals surface area contributed by atoms with Gasteiger partial charge in [0, 0.05) is 17.3 Å². The molecule has 18 heavy (non-hydrogen) atoms. The number of anilines is 2. The average molecular weight is 283 g/mol. The normalized spacial score (nSPS) is 10.3. The van der Waals surface area contributed by atoms with Crippen LogP contribution in [-0.4, -0.2) is 16.6 Å². The van der Waals surface area contributed by atoms with Crippen molar-refractivity contribution in [2.45, 2.75) is 4.34 Å². The second-order valence-electron chi connectivity index (χ2n) is 3.37. The lowest BCUT2D eigenvalue weighted by Gasteiger charge is -2.05. The summed E-state index contributed by atoms with van der Waals surface area (Å²) in [5, 5.41) is 4.49. The summed E-state index contributed by atoms with van der Waals surface area (Å²) in [6.07, 6.45) is 1.69. The van der Waals surface area contributed by atoms with Gasteiger partial charge in [0.15, 0.2) is 0 Å². The second kappa shape index (κ2) is 5.83. The molecule has 0 aliphatic rings. The number of aromatic nitrogens is 1. The van der Waals surface area contributed by atoms with Crippen LogP contribution in [0, 0.1) is 5.82 Å². The van der Waals surface area contributed by atoms with Gasteiger partial charge in [0.2, 0.25) is 5.91 Å². The lowest BCUT2D eigenvalue weighted by molar-refractivity contribution is -0.113. The van der Waals surface area contributed by atoms with E-state index in [1.165, 1.54) is 41.3 Å². The minimum absolute atomic E-state index is 0.0142. The topological polar surface area (TPSA) is 68.0 Å². The third-order valence-corrected chi connectivity index (χ3v) is 3.98. The first kappa shape index (κ1) is 12.8. The van der Waals surface area contributed by atoms with E-state index in [1.807, 2.05) is 5.38 Å². The van der Waals surface area contributed by atoms with E-state index in [4.69, 9.17) is 5.73 Å². The summed E-state index contributed by atoms with van der Waals surface area (Å²) in [5.41, 5.74) is 5.91. The van der Waals surface area contributed by atoms with E-state index in [0.717, 1.165) is 4.34 Å². The van der Waals surface area contributed by atoms with Crippen LogP contribution in [0.15, 0.2) is 34.1 Å². The molecule has 4 nitrogen and oxygen atoms in total. The van der Waals surface area contributed by atoms with Crippen molar-refractivity contribution in [1.82, 2.24) is 4.98 Å². The van der Waals surface area contributed by atoms with Crippen LogP contribution in [0.2, 0.25) is 0 Å². The number of rotatable bonds is 4. The van der Waals surface area contributed by atoms with Gasteiger partial charge in [-0.1, -0.05) is 11.8 Å². The Labute approximate surface area is 111 Å². The molecule has 2 aromatic rings. The zero-order valence-electron chi connectivity index (χ0n) is 9.22. The van der Waals surface area contributed by atoms with Crippen LogP contribution in [0.5, 0.6) is 0 Å². The number of thiazole rings is 1. The number of carbonyl (C=O) groups is 1. The van der Waals surface area contributed by atoms with E-state index in [2.05, 4.69) is 10.3 Å². The Morgan fingerprint density at radius 2 is 2.39 bits per heavy atom. The Morgan fingerprint density at radius 3 is 3.06 bits per heavy atom. The van der Waals surface area contributed by atoms with Crippen molar-refractivity contribution < 1.29 is 9.18 Å². The molecule has 0 radical (unpaired) electrons. The van der Waals surface area contributed by atoms with Crippen molar-refractivity contribution >= 4 is 40.4 Å². The van der Waals surface area contributed by atoms with Crippen LogP contribution in [0.25, 0.3) is 0 Å². The van der Waals surface area contributed by atoms with E-state index in [9.17, 15) is 9.18 Å². The van der Waals surface area contributed by atoms with E-state index < -0.39 is 5.82 Å². The maximum Gasteiger partial charge on any atom is 0.234 e. The fraction of sp³-hybridized carbons (Fsp3) is 0.0909. The van der Waals surface area contributed by atoms with Crippen molar-refractivity contribution in [2.75, 3.05) is 16.8 Å². The van der Waals surface area contributed by atoms with Gasteiger partial charge in [0.25, 0.3) is 0 Å². The average Bonchev–Trinajstić information content (AvgIpc) is 2.84. The van der Waals surface area contributed by atoms with Crippen LogP contribution < -0.4 is 11.1 Å². The second-order valence-corrected chi connectivity index (χ2v) is 5.49. The van der Waals surface area contributed by atoms with Gasteiger partial charge in [0.05, 0.1) is 11.4 Å². The van der Waals surface area contributed by atoms with Gasteiger partial charge in [-0.05, 0) is 18.2 Å². The quantitative estimate of drug-likeness (QED) is 0.668. The molecule has 1 aromatic carbocycles. The number of nitrogens with zero attached hydrogens (tertiary/aromatic N) is 1. The summed E-state index contributed by atoms with van der Waals surface area (Å²) in [6.45, 7) is 0. The summed E-state index contributed by atoms with van der Waals surface area (Å²) >= 11 is 2.83. The first-order valence-electron chi connectivity index (χ1n) is 5.02. The highest BCUT2D eigenvalue weighted by atomic mass is 32.2. The number of halogens is 1. The van der Waals surface area contributed by atoms with Crippen LogP contribution in [-0.2, 0) is 4.79 Å². The molecule has 0 atom stereocenters. The molecule has 7 heteroatoms. The maximum atomic E-state index is 12.9. The molecule has 0 spiro atoms. The molecule has 2 rings (SSSR count). The molecule has 0 unspecified atom stereocenters. The van der Waals surface area contributed by atoms with Gasteiger partial charge in [-0.2, -0.15) is 0 Å². The van der Waals surface area contributed by atoms with Crippen LogP contribution >= 0.6 is 23.1 Å². The van der Waals surface area contributed by atoms with Gasteiger partial charge in [-0.25, -0.2) is 9.37 Å². The molecule has 0 bridgehead atoms. The number of thioether (sulfide) groups is 1. The number of amides is 1. The molecule has 0 fully saturated rings. The van der Waals surface area contributed by atoms with Gasteiger partial charge in [-0.15, -0.1) is 11.3 Å². The van der Waals surface area contributed by atoms with E-state index in [1.54, 1.807) is 6.20 Å². The maximum absolute atomic E-state index is 12.9. The number of hydrogen-bond donors (Lipinski definition) is 2. The van der Waals surface area contributed by atoms with Gasteiger partial charge in [-0.3, -0.25) is 4.79 Å². The third-order valence-electron chi connectivity index (χ3n) is 2.02. The van der Waals surface area contributed by atoms with Crippen molar-refractivity contribution in [3.8, 4) is 0 Å². The Morgan fingerprint density at radius 1 is 1.56 bits per heavy atom. The lowest BCUT2D eigenvalue weighted by atomic mass is 10.2. The number of nitrogen functional groups attached to an aromatic ring is 1. The first-order valence-corrected chi connectivity index (χ1v) is 6.89. The third kappa shape index (κ3) is 3.44. The summed E-state index contributed by atoms with van der Waals surface area (Å²) in [7, 11) is 0. The number of hydrogen-bond acceptors (Lipinski definition) is 5. The summed E-state index contributed by atoms with van der Waals surface area (Å²) in [6, 6.07) is 4.08. The molecule has 0 aliphatic heterocycles. The molecular formula is C11H10FN3OS2. The molecule has 1 amide bonds. The van der Waals surface area contributed by atoms with E-state index in [0.29, 0.717) is 5.69 Å². The monoisotopic (exact) mass is 283 g/mol. The predicted octanol–water partition coefficient (Wildman–Crippen LogP) is 2.60. The van der Waals surface area contributed by atoms with Crippen molar-refractivity contribution in [3.05, 3.63) is 35.6 Å². The molecular weight excluding hydrogens is 273 g/mol. The number of nitrogens with two attached hydrogens (primary N) is 1. The number of benzene rings is 1. The molecule has 0 saturated carbocycles. The highest BCUT2D eigenvalue weighted by Gasteiger charge is 2.06. The number of carbonyl (C=O) groups excluding carboxylic acids is 1. The largest absolute Gasteiger partial charge is 0.396 e. The van der Waals surface area contributed by atoms with Crippen molar-refractivity contribution in [3.63, 3.8) is 0 Å². The summed E-state index contributed by atoms with van der Waals surface area (Å²) in [4.78, 5) is 15.7. The highest BCUT2D eigenvalue weighted by Crippen LogP contribution is 2.21. The Kier molecular flexibility index (Phi) is 4.16. The molecule has 3 N–H and O–H groups in total. The lowest BCUT2D eigenvalue weighted by Crippen LogP contribution is -2.14. The van der Waals surface area contributed by atoms with Gasteiger partial charge < -0.3 is 11.1 Å². The fourth-order valence-electron chi connectivity index (χ4n) is 1.23. The van der Waals surface area contributed by atoms with Crippen molar-refractivity contribution in [2.24, 2.45) is 0 Å². The van der Waals surface area contributed by atoms with Crippen LogP contribution in [0.3, 0.4) is 0 Å². The standard InChI is InChI=1S/C11H10FN3OS2/c12-8-2-1-7(5-9(8)13)15-10(16)6-18-11-14-3-4-17-11/h1-5H,6,13H2,(H,15,16). The van der Waals surface area contributed by atoms with E-state index in [-0.39, 0.29) is 17.3 Å².